The molecule has 1 aliphatic heterocycles. The molecule has 0 saturated heterocycles. The molecule has 27 heavy (non-hydrogen) atoms. The standard InChI is InChI=1S/C21H15F3N2Se/c1-26-18-8-4-2-6-16(18)20(25-17-7-3-5-9-19(17)26)27-15-12-10-14(11-13-15)21(22,23)24/h2-13H,1H3. The molecule has 0 unspecified atom stereocenters. The van der Waals surface area contributed by atoms with E-state index in [0.717, 1.165) is 43.8 Å². The summed E-state index contributed by atoms with van der Waals surface area (Å²) in [5.74, 6) is 0. The van der Waals surface area contributed by atoms with Crippen molar-refractivity contribution in [1.29, 1.82) is 0 Å². The third-order valence-corrected chi connectivity index (χ3v) is 6.48. The molecule has 1 aliphatic rings. The third kappa shape index (κ3) is 3.51. The van der Waals surface area contributed by atoms with Crippen LogP contribution >= 0.6 is 0 Å². The molecular weight excluding hydrogens is 416 g/mol. The minimum absolute atomic E-state index is 0.224. The van der Waals surface area contributed by atoms with Gasteiger partial charge in [0.05, 0.1) is 0 Å². The zero-order chi connectivity index (χ0) is 19.0. The first-order valence-corrected chi connectivity index (χ1v) is 10.0. The van der Waals surface area contributed by atoms with Gasteiger partial charge in [0.25, 0.3) is 0 Å². The summed E-state index contributed by atoms with van der Waals surface area (Å²) in [6, 6.07) is 21.3. The average molecular weight is 431 g/mol. The van der Waals surface area contributed by atoms with Crippen molar-refractivity contribution in [1.82, 2.24) is 0 Å². The van der Waals surface area contributed by atoms with E-state index < -0.39 is 11.7 Å². The van der Waals surface area contributed by atoms with Crippen LogP contribution in [0.1, 0.15) is 11.1 Å². The van der Waals surface area contributed by atoms with Crippen molar-refractivity contribution < 1.29 is 13.2 Å². The van der Waals surface area contributed by atoms with E-state index in [2.05, 4.69) is 4.90 Å². The van der Waals surface area contributed by atoms with E-state index in [1.165, 1.54) is 0 Å². The number of nitrogens with zero attached hydrogens (tertiary/aromatic N) is 2. The summed E-state index contributed by atoms with van der Waals surface area (Å²) in [5, 5.41) is 0. The van der Waals surface area contributed by atoms with Crippen LogP contribution in [-0.2, 0) is 6.18 Å². The molecular formula is C21H15F3N2Se. The summed E-state index contributed by atoms with van der Waals surface area (Å²) in [6.45, 7) is 0. The quantitative estimate of drug-likeness (QED) is 0.528. The second-order valence-corrected chi connectivity index (χ2v) is 8.33. The zero-order valence-corrected chi connectivity index (χ0v) is 16.1. The van der Waals surface area contributed by atoms with E-state index in [1.807, 2.05) is 55.6 Å². The van der Waals surface area contributed by atoms with Crippen molar-refractivity contribution in [2.24, 2.45) is 4.99 Å². The Labute approximate surface area is 161 Å². The summed E-state index contributed by atoms with van der Waals surface area (Å²) in [7, 11) is 2.00. The van der Waals surface area contributed by atoms with Gasteiger partial charge in [-0.25, -0.2) is 0 Å². The van der Waals surface area contributed by atoms with E-state index >= 15 is 0 Å². The number of anilines is 2. The molecule has 0 radical (unpaired) electrons. The molecule has 6 heteroatoms. The first kappa shape index (κ1) is 17.8. The first-order valence-electron chi connectivity index (χ1n) is 8.29. The number of rotatable bonds is 2. The SMILES string of the molecule is CN1c2ccccc2N=C([Se]c2ccc(C(F)(F)F)cc2)c2ccccc21. The van der Waals surface area contributed by atoms with Gasteiger partial charge >= 0.3 is 161 Å². The third-order valence-electron chi connectivity index (χ3n) is 4.36. The molecule has 0 fully saturated rings. The molecule has 0 spiro atoms. The molecule has 0 bridgehead atoms. The van der Waals surface area contributed by atoms with Gasteiger partial charge in [-0.05, 0) is 0 Å². The summed E-state index contributed by atoms with van der Waals surface area (Å²) >= 11 is -0.224. The predicted molar refractivity (Wildman–Crippen MR) is 104 cm³/mol. The van der Waals surface area contributed by atoms with Crippen LogP contribution in [-0.4, -0.2) is 26.6 Å². The number of benzene rings is 3. The summed E-state index contributed by atoms with van der Waals surface area (Å²) in [4.78, 5) is 6.98. The average Bonchev–Trinajstić information content (AvgIpc) is 2.78. The molecule has 0 amide bonds. The Morgan fingerprint density at radius 2 is 1.44 bits per heavy atom. The first-order chi connectivity index (χ1) is 12.9. The minimum atomic E-state index is -4.32. The van der Waals surface area contributed by atoms with Crippen molar-refractivity contribution >= 4 is 41.1 Å². The van der Waals surface area contributed by atoms with Gasteiger partial charge in [0, 0.05) is 0 Å². The van der Waals surface area contributed by atoms with E-state index in [9.17, 15) is 13.2 Å². The Bertz CT molecular complexity index is 1010. The van der Waals surface area contributed by atoms with Crippen LogP contribution < -0.4 is 9.36 Å². The molecule has 0 aliphatic carbocycles. The molecule has 4 rings (SSSR count). The number of aliphatic imine (C=N–C) groups is 1. The molecule has 1 heterocycles. The number of fused-ring (bicyclic) bond motifs is 2. The van der Waals surface area contributed by atoms with Crippen molar-refractivity contribution in [2.45, 2.75) is 6.18 Å². The molecule has 0 saturated carbocycles. The molecule has 3 aromatic carbocycles. The maximum absolute atomic E-state index is 12.8. The monoisotopic (exact) mass is 432 g/mol. The van der Waals surface area contributed by atoms with Crippen LogP contribution in [0.5, 0.6) is 0 Å². The Morgan fingerprint density at radius 3 is 2.15 bits per heavy atom. The van der Waals surface area contributed by atoms with Gasteiger partial charge in [-0.3, -0.25) is 0 Å². The fourth-order valence-electron chi connectivity index (χ4n) is 2.99. The normalized spacial score (nSPS) is 13.5. The maximum atomic E-state index is 12.8. The van der Waals surface area contributed by atoms with E-state index in [-0.39, 0.29) is 15.0 Å². The van der Waals surface area contributed by atoms with Crippen molar-refractivity contribution in [2.75, 3.05) is 11.9 Å². The van der Waals surface area contributed by atoms with Crippen LogP contribution in [0.25, 0.3) is 0 Å². The molecule has 2 nitrogen and oxygen atoms in total. The zero-order valence-electron chi connectivity index (χ0n) is 14.4. The van der Waals surface area contributed by atoms with Gasteiger partial charge in [0.2, 0.25) is 0 Å². The number of halogens is 3. The van der Waals surface area contributed by atoms with Crippen molar-refractivity contribution in [3.05, 3.63) is 83.9 Å². The Balaban J connectivity index is 1.77. The van der Waals surface area contributed by atoms with Crippen LogP contribution in [0, 0.1) is 0 Å². The number of para-hydroxylation sites is 3. The van der Waals surface area contributed by atoms with Crippen LogP contribution in [0.3, 0.4) is 0 Å². The van der Waals surface area contributed by atoms with Gasteiger partial charge in [-0.1, -0.05) is 0 Å². The predicted octanol–water partition coefficient (Wildman–Crippen LogP) is 4.89. The van der Waals surface area contributed by atoms with Crippen molar-refractivity contribution in [3.8, 4) is 0 Å². The second-order valence-electron chi connectivity index (χ2n) is 6.11. The fourth-order valence-corrected chi connectivity index (χ4v) is 4.92. The van der Waals surface area contributed by atoms with Gasteiger partial charge < -0.3 is 0 Å². The summed E-state index contributed by atoms with van der Waals surface area (Å²) < 4.78 is 40.2. The summed E-state index contributed by atoms with van der Waals surface area (Å²) in [5.41, 5.74) is 3.28. The molecule has 3 aromatic rings. The Kier molecular flexibility index (Phi) is 4.54. The van der Waals surface area contributed by atoms with E-state index in [0.29, 0.717) is 0 Å². The van der Waals surface area contributed by atoms with Crippen molar-refractivity contribution in [3.63, 3.8) is 0 Å². The molecule has 0 atom stereocenters. The molecule has 136 valence electrons. The second kappa shape index (κ2) is 6.87. The summed E-state index contributed by atoms with van der Waals surface area (Å²) in [6.07, 6.45) is -4.32. The molecule has 0 N–H and O–H groups in total. The Hall–Kier alpha value is -2.56. The van der Waals surface area contributed by atoms with Crippen LogP contribution in [0.2, 0.25) is 0 Å². The van der Waals surface area contributed by atoms with Gasteiger partial charge in [-0.2, -0.15) is 0 Å². The molecule has 0 aromatic heterocycles. The number of hydrogen-bond donors (Lipinski definition) is 0. The van der Waals surface area contributed by atoms with Gasteiger partial charge in [0.15, 0.2) is 0 Å². The van der Waals surface area contributed by atoms with E-state index in [1.54, 1.807) is 12.1 Å². The van der Waals surface area contributed by atoms with E-state index in [4.69, 9.17) is 4.99 Å². The van der Waals surface area contributed by atoms with Crippen LogP contribution in [0.15, 0.2) is 77.8 Å². The number of alkyl halides is 3. The fraction of sp³-hybridized carbons (Fsp3) is 0.0952. The Morgan fingerprint density at radius 1 is 0.815 bits per heavy atom. The van der Waals surface area contributed by atoms with Gasteiger partial charge in [0.1, 0.15) is 0 Å². The van der Waals surface area contributed by atoms with Crippen LogP contribution in [0.4, 0.5) is 30.2 Å². The number of hydrogen-bond acceptors (Lipinski definition) is 2. The topological polar surface area (TPSA) is 15.6 Å². The van der Waals surface area contributed by atoms with Gasteiger partial charge in [-0.15, -0.1) is 0 Å².